The molecule has 0 radical (unpaired) electrons. The van der Waals surface area contributed by atoms with Crippen LogP contribution >= 0.6 is 0 Å². The second kappa shape index (κ2) is 3.47. The molecule has 0 spiro atoms. The summed E-state index contributed by atoms with van der Waals surface area (Å²) in [6.07, 6.45) is 0.324. The molecule has 0 N–H and O–H groups in total. The first-order valence-electron chi connectivity index (χ1n) is 4.35. The Kier molecular flexibility index (Phi) is 2.16. The van der Waals surface area contributed by atoms with Crippen LogP contribution in [0.5, 0.6) is 0 Å². The molecule has 1 nitrogen and oxygen atoms in total. The molecule has 68 valence electrons. The normalized spacial score (nSPS) is 10.0. The van der Waals surface area contributed by atoms with E-state index >= 15 is 0 Å². The lowest BCUT2D eigenvalue weighted by molar-refractivity contribution is 0.640. The van der Waals surface area contributed by atoms with Gasteiger partial charge in [-0.2, -0.15) is 5.26 Å². The molecule has 0 atom stereocenters. The van der Waals surface area contributed by atoms with Gasteiger partial charge in [-0.05, 0) is 23.1 Å². The highest BCUT2D eigenvalue weighted by Gasteiger charge is 2.00. The average molecular weight is 185 g/mol. The monoisotopic (exact) mass is 185 g/mol. The van der Waals surface area contributed by atoms with Gasteiger partial charge in [0.25, 0.3) is 0 Å². The summed E-state index contributed by atoms with van der Waals surface area (Å²) in [6.45, 7) is 0. The van der Waals surface area contributed by atoms with Crippen molar-refractivity contribution >= 4 is 10.8 Å². The van der Waals surface area contributed by atoms with Crippen LogP contribution in [0.25, 0.3) is 10.8 Å². The number of nitrogens with zero attached hydrogens (tertiary/aromatic N) is 1. The van der Waals surface area contributed by atoms with Crippen molar-refractivity contribution in [3.8, 4) is 6.07 Å². The van der Waals surface area contributed by atoms with Gasteiger partial charge in [0.1, 0.15) is 5.82 Å². The third-order valence-electron chi connectivity index (χ3n) is 2.18. The summed E-state index contributed by atoms with van der Waals surface area (Å²) in [7, 11) is 0. The van der Waals surface area contributed by atoms with Crippen LogP contribution < -0.4 is 0 Å². The van der Waals surface area contributed by atoms with Crippen LogP contribution in [0.2, 0.25) is 0 Å². The molecule has 2 aromatic carbocycles. The van der Waals surface area contributed by atoms with E-state index in [9.17, 15) is 4.39 Å². The third-order valence-corrected chi connectivity index (χ3v) is 2.18. The van der Waals surface area contributed by atoms with Crippen LogP contribution in [0.1, 0.15) is 5.56 Å². The minimum absolute atomic E-state index is 0.234. The molecule has 0 fully saturated rings. The zero-order valence-electron chi connectivity index (χ0n) is 7.50. The molecule has 0 heterocycles. The van der Waals surface area contributed by atoms with Crippen LogP contribution in [0, 0.1) is 17.1 Å². The largest absolute Gasteiger partial charge is 0.206 e. The Labute approximate surface area is 81.4 Å². The van der Waals surface area contributed by atoms with E-state index in [0.29, 0.717) is 11.8 Å². The molecule has 0 aromatic heterocycles. The van der Waals surface area contributed by atoms with Crippen molar-refractivity contribution in [1.82, 2.24) is 0 Å². The number of fused-ring (bicyclic) bond motifs is 1. The van der Waals surface area contributed by atoms with Crippen molar-refractivity contribution in [2.24, 2.45) is 0 Å². The van der Waals surface area contributed by atoms with Crippen molar-refractivity contribution in [2.75, 3.05) is 0 Å². The highest BCUT2D eigenvalue weighted by Crippen LogP contribution is 2.19. The molecule has 2 aromatic rings. The number of halogens is 1. The molecule has 0 aliphatic rings. The van der Waals surface area contributed by atoms with Crippen LogP contribution in [0.4, 0.5) is 4.39 Å². The molecule has 14 heavy (non-hydrogen) atoms. The van der Waals surface area contributed by atoms with Crippen molar-refractivity contribution < 1.29 is 4.39 Å². The highest BCUT2D eigenvalue weighted by atomic mass is 19.1. The van der Waals surface area contributed by atoms with E-state index < -0.39 is 0 Å². The summed E-state index contributed by atoms with van der Waals surface area (Å²) in [5.74, 6) is -0.234. The van der Waals surface area contributed by atoms with Crippen molar-refractivity contribution in [3.63, 3.8) is 0 Å². The molecule has 0 saturated heterocycles. The van der Waals surface area contributed by atoms with Gasteiger partial charge in [-0.1, -0.05) is 24.3 Å². The molecule has 0 aliphatic heterocycles. The van der Waals surface area contributed by atoms with E-state index in [2.05, 4.69) is 0 Å². The van der Waals surface area contributed by atoms with E-state index in [1.807, 2.05) is 24.3 Å². The quantitative estimate of drug-likeness (QED) is 0.669. The molecule has 0 bridgehead atoms. The molecule has 2 rings (SSSR count). The van der Waals surface area contributed by atoms with Gasteiger partial charge in [0.2, 0.25) is 0 Å². The predicted molar refractivity (Wildman–Crippen MR) is 53.2 cm³/mol. The van der Waals surface area contributed by atoms with E-state index in [-0.39, 0.29) is 5.82 Å². The minimum Gasteiger partial charge on any atom is -0.206 e. The second-order valence-corrected chi connectivity index (χ2v) is 3.13. The molecule has 2 heteroatoms. The first-order valence-corrected chi connectivity index (χ1v) is 4.35. The second-order valence-electron chi connectivity index (χ2n) is 3.13. The first kappa shape index (κ1) is 8.71. The number of hydrogen-bond acceptors (Lipinski definition) is 1. The maximum Gasteiger partial charge on any atom is 0.131 e. The van der Waals surface area contributed by atoms with Crippen LogP contribution in [0.15, 0.2) is 36.4 Å². The smallest absolute Gasteiger partial charge is 0.131 e. The van der Waals surface area contributed by atoms with E-state index in [4.69, 9.17) is 5.26 Å². The number of rotatable bonds is 1. The van der Waals surface area contributed by atoms with Crippen molar-refractivity contribution in [3.05, 3.63) is 47.8 Å². The maximum atomic E-state index is 13.3. The standard InChI is InChI=1S/C12H8FN/c13-12-3-1-2-10-5-4-9(6-7-14)8-11(10)12/h1-5,8H,6H2. The highest BCUT2D eigenvalue weighted by molar-refractivity contribution is 5.83. The SMILES string of the molecule is N#CCc1ccc2cccc(F)c2c1. The van der Waals surface area contributed by atoms with Crippen molar-refractivity contribution in [1.29, 1.82) is 5.26 Å². The number of nitriles is 1. The van der Waals surface area contributed by atoms with Gasteiger partial charge in [-0.3, -0.25) is 0 Å². The van der Waals surface area contributed by atoms with E-state index in [1.165, 1.54) is 6.07 Å². The Morgan fingerprint density at radius 1 is 1.21 bits per heavy atom. The Bertz CT molecular complexity index is 511. The van der Waals surface area contributed by atoms with Gasteiger partial charge in [-0.15, -0.1) is 0 Å². The minimum atomic E-state index is -0.234. The fourth-order valence-corrected chi connectivity index (χ4v) is 1.48. The zero-order valence-corrected chi connectivity index (χ0v) is 7.50. The van der Waals surface area contributed by atoms with Crippen LogP contribution in [-0.4, -0.2) is 0 Å². The van der Waals surface area contributed by atoms with Crippen molar-refractivity contribution in [2.45, 2.75) is 6.42 Å². The predicted octanol–water partition coefficient (Wildman–Crippen LogP) is 3.04. The maximum absolute atomic E-state index is 13.3. The van der Waals surface area contributed by atoms with Gasteiger partial charge < -0.3 is 0 Å². The van der Waals surface area contributed by atoms with Gasteiger partial charge in [0.05, 0.1) is 12.5 Å². The fraction of sp³-hybridized carbons (Fsp3) is 0.0833. The Hall–Kier alpha value is -1.88. The summed E-state index contributed by atoms with van der Waals surface area (Å²) in [6, 6.07) is 12.4. The van der Waals surface area contributed by atoms with Crippen LogP contribution in [0.3, 0.4) is 0 Å². The average Bonchev–Trinajstić information content (AvgIpc) is 2.20. The van der Waals surface area contributed by atoms with Gasteiger partial charge in [0.15, 0.2) is 0 Å². The Morgan fingerprint density at radius 3 is 2.86 bits per heavy atom. The summed E-state index contributed by atoms with van der Waals surface area (Å²) in [5.41, 5.74) is 0.852. The zero-order chi connectivity index (χ0) is 9.97. The molecular weight excluding hydrogens is 177 g/mol. The molecule has 0 unspecified atom stereocenters. The Morgan fingerprint density at radius 2 is 2.07 bits per heavy atom. The van der Waals surface area contributed by atoms with Gasteiger partial charge >= 0.3 is 0 Å². The number of hydrogen-bond donors (Lipinski definition) is 0. The summed E-state index contributed by atoms with van der Waals surface area (Å²) < 4.78 is 13.3. The summed E-state index contributed by atoms with van der Waals surface area (Å²) in [5, 5.41) is 9.97. The number of benzene rings is 2. The molecule has 0 saturated carbocycles. The topological polar surface area (TPSA) is 23.8 Å². The van der Waals surface area contributed by atoms with E-state index in [1.54, 1.807) is 12.1 Å². The van der Waals surface area contributed by atoms with Crippen LogP contribution in [-0.2, 0) is 6.42 Å². The lowest BCUT2D eigenvalue weighted by atomic mass is 10.1. The molecule has 0 amide bonds. The fourth-order valence-electron chi connectivity index (χ4n) is 1.48. The lowest BCUT2D eigenvalue weighted by Gasteiger charge is -2.00. The lowest BCUT2D eigenvalue weighted by Crippen LogP contribution is -1.84. The summed E-state index contributed by atoms with van der Waals surface area (Å²) >= 11 is 0. The van der Waals surface area contributed by atoms with Gasteiger partial charge in [0, 0.05) is 5.39 Å². The third kappa shape index (κ3) is 1.45. The first-order chi connectivity index (χ1) is 6.81. The Balaban J connectivity index is 2.65. The molecule has 0 aliphatic carbocycles. The van der Waals surface area contributed by atoms with E-state index in [0.717, 1.165) is 10.9 Å². The van der Waals surface area contributed by atoms with Gasteiger partial charge in [-0.25, -0.2) is 4.39 Å². The molecular formula is C12H8FN. The summed E-state index contributed by atoms with van der Waals surface area (Å²) in [4.78, 5) is 0.